The van der Waals surface area contributed by atoms with Crippen LogP contribution in [-0.4, -0.2) is 56.9 Å². The van der Waals surface area contributed by atoms with Crippen LogP contribution in [0.3, 0.4) is 0 Å². The molecular weight excluding hydrogens is 977 g/mol. The van der Waals surface area contributed by atoms with Gasteiger partial charge in [-0.25, -0.2) is 20.0 Å². The first-order valence-corrected chi connectivity index (χ1v) is 28.6. The molecular formula is C58H62N4O6S4. The van der Waals surface area contributed by atoms with Gasteiger partial charge in [0.25, 0.3) is 23.6 Å². The first-order valence-electron chi connectivity index (χ1n) is 25.3. The number of ether oxygens (including phenoxy) is 2. The summed E-state index contributed by atoms with van der Waals surface area (Å²) in [4.78, 5) is 62.7. The summed E-state index contributed by atoms with van der Waals surface area (Å²) in [6.45, 7) is 10.6. The SMILES string of the molecule is CCCCC(CC)COc1c2c(c(OCC(CC)CCCC)c3c1SC(=C1C(=O)N(Cc4ccccc4)N(Cc4ccccc4)C1=O)S3)SC(=C1C(=O)N(Cc3ccccc3)N(Cc3ccccc3)C1=O)S2. The average molecular weight is 1040 g/mol. The van der Waals surface area contributed by atoms with E-state index in [4.69, 9.17) is 9.47 Å². The number of carbonyl (C=O) groups excluding carboxylic acids is 4. The van der Waals surface area contributed by atoms with Crippen LogP contribution in [0.5, 0.6) is 11.5 Å². The van der Waals surface area contributed by atoms with Gasteiger partial charge in [0, 0.05) is 0 Å². The molecule has 374 valence electrons. The quantitative estimate of drug-likeness (QED) is 0.0492. The summed E-state index contributed by atoms with van der Waals surface area (Å²) in [6.07, 6.45) is 8.20. The summed E-state index contributed by atoms with van der Waals surface area (Å²) in [5, 5.41) is 6.31. The van der Waals surface area contributed by atoms with E-state index in [1.165, 1.54) is 47.0 Å². The summed E-state index contributed by atoms with van der Waals surface area (Å²) in [5.74, 6) is 0.407. The van der Waals surface area contributed by atoms with Crippen molar-refractivity contribution in [3.8, 4) is 11.5 Å². The maximum absolute atomic E-state index is 14.9. The second-order valence-corrected chi connectivity index (χ2v) is 23.2. The highest BCUT2D eigenvalue weighted by Gasteiger charge is 2.49. The van der Waals surface area contributed by atoms with E-state index in [2.05, 4.69) is 27.7 Å². The standard InChI is InChI=1S/C58H62N4O6S4/c1-5-9-23-39(7-3)37-67-47-49-51(71-57(69-49)45-53(63)59(33-41-25-15-11-16-26-41)60(54(45)64)34-42-27-17-12-18-28-42)48(68-38-40(8-4)24-10-6-2)52-50(47)70-58(72-52)46-55(65)61(35-43-29-19-13-20-30-43)62(56(46)66)36-44-31-21-14-22-32-44/h11-22,25-32,39-40H,5-10,23-24,33-38H2,1-4H3. The van der Waals surface area contributed by atoms with Crippen LogP contribution in [0.4, 0.5) is 0 Å². The van der Waals surface area contributed by atoms with Gasteiger partial charge in [-0.05, 0) is 46.9 Å². The number of hydrogen-bond acceptors (Lipinski definition) is 10. The van der Waals surface area contributed by atoms with E-state index < -0.39 is 0 Å². The van der Waals surface area contributed by atoms with Crippen LogP contribution in [-0.2, 0) is 45.4 Å². The second kappa shape index (κ2) is 24.0. The Kier molecular flexibility index (Phi) is 17.1. The lowest BCUT2D eigenvalue weighted by molar-refractivity contribution is -0.149. The molecule has 72 heavy (non-hydrogen) atoms. The van der Waals surface area contributed by atoms with E-state index in [9.17, 15) is 19.2 Å². The third-order valence-electron chi connectivity index (χ3n) is 13.5. The molecule has 0 spiro atoms. The van der Waals surface area contributed by atoms with Gasteiger partial charge in [0.15, 0.2) is 0 Å². The monoisotopic (exact) mass is 1040 g/mol. The van der Waals surface area contributed by atoms with Gasteiger partial charge < -0.3 is 9.47 Å². The Morgan fingerprint density at radius 1 is 0.403 bits per heavy atom. The first kappa shape index (κ1) is 51.4. The number of carbonyl (C=O) groups is 4. The van der Waals surface area contributed by atoms with Crippen molar-refractivity contribution >= 4 is 70.7 Å². The third kappa shape index (κ3) is 11.2. The van der Waals surface area contributed by atoms with E-state index in [-0.39, 0.29) is 72.8 Å². The molecule has 4 heterocycles. The van der Waals surface area contributed by atoms with Gasteiger partial charge in [-0.1, -0.05) is 235 Å². The normalized spacial score (nSPS) is 16.4. The highest BCUT2D eigenvalue weighted by Crippen LogP contribution is 2.69. The van der Waals surface area contributed by atoms with E-state index >= 15 is 0 Å². The number of hydrazine groups is 2. The predicted octanol–water partition coefficient (Wildman–Crippen LogP) is 13.7. The maximum atomic E-state index is 14.9. The molecule has 0 saturated carbocycles. The topological polar surface area (TPSA) is 99.7 Å². The fourth-order valence-electron chi connectivity index (χ4n) is 9.21. The second-order valence-electron chi connectivity index (χ2n) is 18.6. The zero-order valence-corrected chi connectivity index (χ0v) is 44.7. The third-order valence-corrected chi connectivity index (χ3v) is 18.7. The molecule has 5 aromatic carbocycles. The Morgan fingerprint density at radius 2 is 0.667 bits per heavy atom. The van der Waals surface area contributed by atoms with Crippen molar-refractivity contribution in [1.29, 1.82) is 0 Å². The number of amides is 4. The van der Waals surface area contributed by atoms with Crippen LogP contribution < -0.4 is 9.47 Å². The molecule has 9 rings (SSSR count). The number of fused-ring (bicyclic) bond motifs is 2. The van der Waals surface area contributed by atoms with Gasteiger partial charge in [-0.3, -0.25) is 19.2 Å². The van der Waals surface area contributed by atoms with Crippen molar-refractivity contribution in [2.75, 3.05) is 13.2 Å². The summed E-state index contributed by atoms with van der Waals surface area (Å²) in [7, 11) is 0. The van der Waals surface area contributed by atoms with Crippen molar-refractivity contribution in [1.82, 2.24) is 20.0 Å². The first-order chi connectivity index (χ1) is 35.2. The molecule has 2 atom stereocenters. The van der Waals surface area contributed by atoms with Crippen LogP contribution in [0.25, 0.3) is 0 Å². The Morgan fingerprint density at radius 3 is 0.903 bits per heavy atom. The fourth-order valence-corrected chi connectivity index (χ4v) is 14.8. The Hall–Kier alpha value is -5.54. The van der Waals surface area contributed by atoms with Crippen molar-refractivity contribution in [2.45, 2.75) is 125 Å². The molecule has 0 aromatic heterocycles. The lowest BCUT2D eigenvalue weighted by Gasteiger charge is -2.27. The number of unbranched alkanes of at least 4 members (excludes halogenated alkanes) is 2. The Balaban J connectivity index is 1.16. The van der Waals surface area contributed by atoms with E-state index in [0.29, 0.717) is 33.2 Å². The van der Waals surface area contributed by atoms with Crippen LogP contribution in [0.1, 0.15) is 101 Å². The summed E-state index contributed by atoms with van der Waals surface area (Å²) in [6, 6.07) is 39.0. The van der Waals surface area contributed by atoms with Crippen molar-refractivity contribution in [3.05, 3.63) is 163 Å². The number of benzene rings is 5. The predicted molar refractivity (Wildman–Crippen MR) is 289 cm³/mol. The van der Waals surface area contributed by atoms with Gasteiger partial charge >= 0.3 is 0 Å². The molecule has 4 amide bonds. The average Bonchev–Trinajstić information content (AvgIpc) is 4.15. The number of nitrogens with zero attached hydrogens (tertiary/aromatic N) is 4. The minimum absolute atomic E-state index is 0.121. The van der Waals surface area contributed by atoms with Gasteiger partial charge in [-0.2, -0.15) is 0 Å². The lowest BCUT2D eigenvalue weighted by Crippen LogP contribution is -2.39. The molecule has 0 aliphatic carbocycles. The summed E-state index contributed by atoms with van der Waals surface area (Å²) < 4.78 is 15.3. The molecule has 4 aliphatic heterocycles. The maximum Gasteiger partial charge on any atom is 0.280 e. The number of rotatable bonds is 22. The highest BCUT2D eigenvalue weighted by atomic mass is 32.2. The zero-order chi connectivity index (χ0) is 50.1. The van der Waals surface area contributed by atoms with Crippen LogP contribution in [0.15, 0.2) is 161 Å². The smallest absolute Gasteiger partial charge is 0.280 e. The van der Waals surface area contributed by atoms with Crippen LogP contribution in [0.2, 0.25) is 0 Å². The van der Waals surface area contributed by atoms with Crippen LogP contribution in [0, 0.1) is 11.8 Å². The molecule has 0 radical (unpaired) electrons. The number of hydrogen-bond donors (Lipinski definition) is 0. The molecule has 5 aromatic rings. The summed E-state index contributed by atoms with van der Waals surface area (Å²) >= 11 is 5.55. The van der Waals surface area contributed by atoms with Gasteiger partial charge in [0.2, 0.25) is 0 Å². The van der Waals surface area contributed by atoms with Crippen molar-refractivity contribution in [2.24, 2.45) is 11.8 Å². The molecule has 14 heteroatoms. The van der Waals surface area contributed by atoms with Gasteiger partial charge in [0.05, 0.1) is 67.4 Å². The van der Waals surface area contributed by atoms with E-state index in [1.54, 1.807) is 20.0 Å². The molecule has 10 nitrogen and oxygen atoms in total. The van der Waals surface area contributed by atoms with Gasteiger partial charge in [-0.15, -0.1) is 0 Å². The summed E-state index contributed by atoms with van der Waals surface area (Å²) in [5.41, 5.74) is 3.88. The molecule has 2 unspecified atom stereocenters. The number of thioether (sulfide) groups is 4. The highest BCUT2D eigenvalue weighted by molar-refractivity contribution is 8.26. The van der Waals surface area contributed by atoms with E-state index in [1.807, 2.05) is 121 Å². The van der Waals surface area contributed by atoms with Crippen LogP contribution >= 0.6 is 47.0 Å². The molecule has 4 aliphatic rings. The van der Waals surface area contributed by atoms with Crippen molar-refractivity contribution in [3.63, 3.8) is 0 Å². The van der Waals surface area contributed by atoms with E-state index in [0.717, 1.165) is 93.2 Å². The fraction of sp³-hybridized carbons (Fsp3) is 0.345. The van der Waals surface area contributed by atoms with Crippen molar-refractivity contribution < 1.29 is 28.7 Å². The largest absolute Gasteiger partial charge is 0.491 e. The minimum Gasteiger partial charge on any atom is -0.491 e. The molecule has 2 saturated heterocycles. The van der Waals surface area contributed by atoms with Gasteiger partial charge in [0.1, 0.15) is 22.6 Å². The molecule has 2 fully saturated rings. The molecule has 0 N–H and O–H groups in total. The Bertz CT molecular complexity index is 2470. The zero-order valence-electron chi connectivity index (χ0n) is 41.5. The minimum atomic E-state index is -0.356. The lowest BCUT2D eigenvalue weighted by atomic mass is 10.0. The molecule has 0 bridgehead atoms. The Labute approximate surface area is 441 Å².